The Balaban J connectivity index is 1.87. The number of thiazole rings is 1. The van der Waals surface area contributed by atoms with Gasteiger partial charge in [-0.15, -0.1) is 11.3 Å². The van der Waals surface area contributed by atoms with Gasteiger partial charge in [-0.05, 0) is 44.2 Å². The van der Waals surface area contributed by atoms with Crippen LogP contribution >= 0.6 is 11.3 Å². The van der Waals surface area contributed by atoms with E-state index < -0.39 is 15.9 Å². The zero-order valence-corrected chi connectivity index (χ0v) is 16.8. The monoisotopic (exact) mass is 401 g/mol. The molecule has 1 aromatic heterocycles. The first-order valence-electron chi connectivity index (χ1n) is 8.18. The smallest absolute Gasteiger partial charge is 0.264 e. The molecule has 27 heavy (non-hydrogen) atoms. The van der Waals surface area contributed by atoms with Crippen molar-refractivity contribution >= 4 is 38.1 Å². The van der Waals surface area contributed by atoms with Crippen molar-refractivity contribution in [2.75, 3.05) is 16.7 Å². The molecule has 0 radical (unpaired) electrons. The molecule has 0 aliphatic carbocycles. The highest BCUT2D eigenvalue weighted by molar-refractivity contribution is 7.92. The van der Waals surface area contributed by atoms with Gasteiger partial charge < -0.3 is 0 Å². The third kappa shape index (κ3) is 4.01. The lowest BCUT2D eigenvalue weighted by Crippen LogP contribution is -2.26. The van der Waals surface area contributed by atoms with Crippen LogP contribution in [0, 0.1) is 13.8 Å². The second-order valence-corrected chi connectivity index (χ2v) is 9.12. The Morgan fingerprint density at radius 2 is 1.78 bits per heavy atom. The molecule has 0 spiro atoms. The normalized spacial score (nSPS) is 11.2. The van der Waals surface area contributed by atoms with E-state index in [1.807, 2.05) is 19.9 Å². The van der Waals surface area contributed by atoms with Crippen LogP contribution in [-0.4, -0.2) is 26.4 Å². The number of hydrogen-bond donors (Lipinski definition) is 1. The standard InChI is InChI=1S/C19H19N3O3S2/c1-13-14(2)26-19(20-13)21-18(23)15-8-7-11-17(12-15)27(24,25)22(3)16-9-5-4-6-10-16/h4-12H,1-3H3,(H,20,21,23). The van der Waals surface area contributed by atoms with Crippen LogP contribution in [0.2, 0.25) is 0 Å². The molecule has 1 heterocycles. The van der Waals surface area contributed by atoms with E-state index in [4.69, 9.17) is 0 Å². The summed E-state index contributed by atoms with van der Waals surface area (Å²) in [4.78, 5) is 17.8. The molecule has 3 aromatic rings. The zero-order chi connectivity index (χ0) is 19.6. The number of sulfonamides is 1. The summed E-state index contributed by atoms with van der Waals surface area (Å²) in [6.45, 7) is 3.80. The van der Waals surface area contributed by atoms with Crippen molar-refractivity contribution in [3.63, 3.8) is 0 Å². The lowest BCUT2D eigenvalue weighted by molar-refractivity contribution is 0.102. The number of anilines is 2. The maximum Gasteiger partial charge on any atom is 0.264 e. The zero-order valence-electron chi connectivity index (χ0n) is 15.1. The number of nitrogens with zero attached hydrogens (tertiary/aromatic N) is 2. The molecular formula is C19H19N3O3S2. The number of amides is 1. The van der Waals surface area contributed by atoms with Gasteiger partial charge in [-0.1, -0.05) is 24.3 Å². The highest BCUT2D eigenvalue weighted by Crippen LogP contribution is 2.24. The van der Waals surface area contributed by atoms with Crippen LogP contribution < -0.4 is 9.62 Å². The number of nitrogens with one attached hydrogen (secondary N) is 1. The van der Waals surface area contributed by atoms with E-state index in [0.717, 1.165) is 10.6 Å². The second-order valence-electron chi connectivity index (χ2n) is 5.95. The van der Waals surface area contributed by atoms with Crippen molar-refractivity contribution in [2.24, 2.45) is 0 Å². The van der Waals surface area contributed by atoms with Crippen molar-refractivity contribution in [3.8, 4) is 0 Å². The van der Waals surface area contributed by atoms with Gasteiger partial charge in [0.1, 0.15) is 0 Å². The molecule has 6 nitrogen and oxygen atoms in total. The third-order valence-corrected chi connectivity index (χ3v) is 6.89. The van der Waals surface area contributed by atoms with Crippen molar-refractivity contribution in [3.05, 3.63) is 70.7 Å². The van der Waals surface area contributed by atoms with E-state index in [-0.39, 0.29) is 10.5 Å². The molecule has 0 aliphatic heterocycles. The highest BCUT2D eigenvalue weighted by Gasteiger charge is 2.22. The number of para-hydroxylation sites is 1. The van der Waals surface area contributed by atoms with Crippen LogP contribution in [0.5, 0.6) is 0 Å². The number of aromatic nitrogens is 1. The number of carbonyl (C=O) groups is 1. The highest BCUT2D eigenvalue weighted by atomic mass is 32.2. The summed E-state index contributed by atoms with van der Waals surface area (Å²) in [6, 6.07) is 14.7. The largest absolute Gasteiger partial charge is 0.298 e. The quantitative estimate of drug-likeness (QED) is 0.704. The molecule has 1 N–H and O–H groups in total. The summed E-state index contributed by atoms with van der Waals surface area (Å²) in [5.41, 5.74) is 1.65. The number of benzene rings is 2. The van der Waals surface area contributed by atoms with Crippen LogP contribution in [0.25, 0.3) is 0 Å². The molecule has 0 atom stereocenters. The summed E-state index contributed by atoms with van der Waals surface area (Å²) < 4.78 is 27.0. The average molecular weight is 402 g/mol. The second kappa shape index (κ2) is 7.50. The van der Waals surface area contributed by atoms with Crippen molar-refractivity contribution in [1.29, 1.82) is 0 Å². The van der Waals surface area contributed by atoms with Crippen molar-refractivity contribution in [1.82, 2.24) is 4.98 Å². The maximum absolute atomic E-state index is 12.9. The molecule has 140 valence electrons. The Hall–Kier alpha value is -2.71. The number of rotatable bonds is 5. The summed E-state index contributed by atoms with van der Waals surface area (Å²) in [5.74, 6) is -0.400. The van der Waals surface area contributed by atoms with Crippen molar-refractivity contribution in [2.45, 2.75) is 18.7 Å². The SMILES string of the molecule is Cc1nc(NC(=O)c2cccc(S(=O)(=O)N(C)c3ccccc3)c2)sc1C. The predicted molar refractivity (Wildman–Crippen MR) is 108 cm³/mol. The number of hydrogen-bond acceptors (Lipinski definition) is 5. The molecule has 0 unspecified atom stereocenters. The summed E-state index contributed by atoms with van der Waals surface area (Å²) >= 11 is 1.38. The van der Waals surface area contributed by atoms with E-state index in [2.05, 4.69) is 10.3 Å². The average Bonchev–Trinajstić information content (AvgIpc) is 2.99. The molecule has 0 saturated carbocycles. The Kier molecular flexibility index (Phi) is 5.29. The van der Waals surface area contributed by atoms with Crippen LogP contribution in [0.3, 0.4) is 0 Å². The van der Waals surface area contributed by atoms with Gasteiger partial charge in [0.25, 0.3) is 15.9 Å². The number of carbonyl (C=O) groups excluding carboxylic acids is 1. The first-order valence-corrected chi connectivity index (χ1v) is 10.4. The lowest BCUT2D eigenvalue weighted by Gasteiger charge is -2.19. The van der Waals surface area contributed by atoms with Crippen LogP contribution in [-0.2, 0) is 10.0 Å². The van der Waals surface area contributed by atoms with E-state index in [1.54, 1.807) is 36.4 Å². The van der Waals surface area contributed by atoms with Gasteiger partial charge in [-0.25, -0.2) is 13.4 Å². The van der Waals surface area contributed by atoms with Gasteiger partial charge in [-0.3, -0.25) is 14.4 Å². The van der Waals surface area contributed by atoms with E-state index in [9.17, 15) is 13.2 Å². The molecule has 8 heteroatoms. The fraction of sp³-hybridized carbons (Fsp3) is 0.158. The Bertz CT molecular complexity index is 1060. The molecule has 0 bridgehead atoms. The van der Waals surface area contributed by atoms with E-state index >= 15 is 0 Å². The van der Waals surface area contributed by atoms with Gasteiger partial charge in [0.2, 0.25) is 0 Å². The van der Waals surface area contributed by atoms with Crippen molar-refractivity contribution < 1.29 is 13.2 Å². The summed E-state index contributed by atoms with van der Waals surface area (Å²) in [5, 5.41) is 3.21. The molecule has 3 rings (SSSR count). The minimum absolute atomic E-state index is 0.0491. The number of aryl methyl sites for hydroxylation is 2. The van der Waals surface area contributed by atoms with Crippen LogP contribution in [0.4, 0.5) is 10.8 Å². The maximum atomic E-state index is 12.9. The van der Waals surface area contributed by atoms with Gasteiger partial charge in [0.05, 0.1) is 16.3 Å². The van der Waals surface area contributed by atoms with Crippen LogP contribution in [0.1, 0.15) is 20.9 Å². The van der Waals surface area contributed by atoms with Gasteiger partial charge in [0, 0.05) is 17.5 Å². The van der Waals surface area contributed by atoms with E-state index in [0.29, 0.717) is 10.8 Å². The van der Waals surface area contributed by atoms with Crippen LogP contribution in [0.15, 0.2) is 59.5 Å². The molecule has 1 amide bonds. The summed E-state index contributed by atoms with van der Waals surface area (Å²) in [6.07, 6.45) is 0. The minimum Gasteiger partial charge on any atom is -0.298 e. The van der Waals surface area contributed by atoms with Gasteiger partial charge in [-0.2, -0.15) is 0 Å². The fourth-order valence-electron chi connectivity index (χ4n) is 2.43. The van der Waals surface area contributed by atoms with Gasteiger partial charge in [0.15, 0.2) is 5.13 Å². The molecule has 0 aliphatic rings. The molecule has 2 aromatic carbocycles. The lowest BCUT2D eigenvalue weighted by atomic mass is 10.2. The summed E-state index contributed by atoms with van der Waals surface area (Å²) in [7, 11) is -2.30. The molecule has 0 saturated heterocycles. The van der Waals surface area contributed by atoms with E-state index in [1.165, 1.54) is 34.8 Å². The molecular weight excluding hydrogens is 382 g/mol. The topological polar surface area (TPSA) is 79.4 Å². The first kappa shape index (κ1) is 19.1. The Morgan fingerprint density at radius 1 is 1.07 bits per heavy atom. The predicted octanol–water partition coefficient (Wildman–Crippen LogP) is 3.84. The van der Waals surface area contributed by atoms with Gasteiger partial charge >= 0.3 is 0 Å². The third-order valence-electron chi connectivity index (χ3n) is 4.12. The first-order chi connectivity index (χ1) is 12.8. The Morgan fingerprint density at radius 3 is 2.41 bits per heavy atom. The molecule has 0 fully saturated rings. The minimum atomic E-state index is -3.78. The Labute approximate surface area is 162 Å². The fourth-order valence-corrected chi connectivity index (χ4v) is 4.48.